The second-order valence-electron chi connectivity index (χ2n) is 6.98. The van der Waals surface area contributed by atoms with Crippen LogP contribution in [0.5, 0.6) is 0 Å². The predicted molar refractivity (Wildman–Crippen MR) is 106 cm³/mol. The molecule has 25 heavy (non-hydrogen) atoms. The molecule has 0 bridgehead atoms. The molecular formula is C23H22N2. The van der Waals surface area contributed by atoms with Crippen LogP contribution < -0.4 is 9.80 Å². The molecule has 2 aliphatic heterocycles. The van der Waals surface area contributed by atoms with Gasteiger partial charge >= 0.3 is 0 Å². The molecular weight excluding hydrogens is 304 g/mol. The van der Waals surface area contributed by atoms with Gasteiger partial charge in [0.25, 0.3) is 0 Å². The Morgan fingerprint density at radius 2 is 1.24 bits per heavy atom. The number of hydrogen-bond acceptors (Lipinski definition) is 2. The molecule has 3 aromatic rings. The van der Waals surface area contributed by atoms with E-state index in [1.807, 2.05) is 0 Å². The van der Waals surface area contributed by atoms with Gasteiger partial charge in [0.2, 0.25) is 0 Å². The third-order valence-corrected chi connectivity index (χ3v) is 5.72. The van der Waals surface area contributed by atoms with Crippen LogP contribution in [0.2, 0.25) is 0 Å². The fourth-order valence-electron chi connectivity index (χ4n) is 4.52. The summed E-state index contributed by atoms with van der Waals surface area (Å²) in [7, 11) is 2.19. The summed E-state index contributed by atoms with van der Waals surface area (Å²) in [4.78, 5) is 4.82. The predicted octanol–water partition coefficient (Wildman–Crippen LogP) is 5.42. The van der Waals surface area contributed by atoms with Crippen LogP contribution >= 0.6 is 0 Å². The minimum Gasteiger partial charge on any atom is -0.344 e. The molecule has 0 fully saturated rings. The Balaban J connectivity index is 1.71. The number of benzene rings is 3. The maximum Gasteiger partial charge on any atom is 0.0451 e. The van der Waals surface area contributed by atoms with Gasteiger partial charge in [-0.1, -0.05) is 36.4 Å². The summed E-state index contributed by atoms with van der Waals surface area (Å²) in [5, 5.41) is 0. The van der Waals surface area contributed by atoms with Crippen molar-refractivity contribution in [2.24, 2.45) is 0 Å². The SMILES string of the molecule is CCN1c2ccccc2Cc2c1ccc1c2Cc2ccccc2N1C. The summed E-state index contributed by atoms with van der Waals surface area (Å²) in [6.45, 7) is 3.24. The minimum atomic E-state index is 0.995. The zero-order valence-corrected chi connectivity index (χ0v) is 14.8. The Bertz CT molecular complexity index is 974. The fourth-order valence-corrected chi connectivity index (χ4v) is 4.52. The van der Waals surface area contributed by atoms with E-state index in [-0.39, 0.29) is 0 Å². The highest BCUT2D eigenvalue weighted by molar-refractivity contribution is 5.83. The van der Waals surface area contributed by atoms with Crippen molar-refractivity contribution < 1.29 is 0 Å². The molecule has 0 saturated heterocycles. The van der Waals surface area contributed by atoms with Crippen LogP contribution in [0.3, 0.4) is 0 Å². The Morgan fingerprint density at radius 1 is 0.680 bits per heavy atom. The monoisotopic (exact) mass is 326 g/mol. The third-order valence-electron chi connectivity index (χ3n) is 5.72. The van der Waals surface area contributed by atoms with Gasteiger partial charge < -0.3 is 9.80 Å². The zero-order chi connectivity index (χ0) is 17.0. The van der Waals surface area contributed by atoms with Gasteiger partial charge in [-0.3, -0.25) is 0 Å². The van der Waals surface area contributed by atoms with Crippen molar-refractivity contribution in [1.29, 1.82) is 0 Å². The van der Waals surface area contributed by atoms with Crippen molar-refractivity contribution in [2.75, 3.05) is 23.4 Å². The van der Waals surface area contributed by atoms with Gasteiger partial charge in [0, 0.05) is 49.2 Å². The second-order valence-corrected chi connectivity index (χ2v) is 6.98. The van der Waals surface area contributed by atoms with Crippen LogP contribution in [0.4, 0.5) is 22.7 Å². The molecule has 0 radical (unpaired) electrons. The summed E-state index contributed by atoms with van der Waals surface area (Å²) in [5.74, 6) is 0. The molecule has 0 atom stereocenters. The van der Waals surface area contributed by atoms with E-state index in [9.17, 15) is 0 Å². The Labute approximate surface area is 149 Å². The summed E-state index contributed by atoms with van der Waals surface area (Å²) in [6, 6.07) is 22.2. The Morgan fingerprint density at radius 3 is 1.96 bits per heavy atom. The smallest absolute Gasteiger partial charge is 0.0451 e. The quantitative estimate of drug-likeness (QED) is 0.589. The first kappa shape index (κ1) is 14.6. The highest BCUT2D eigenvalue weighted by Crippen LogP contribution is 2.46. The average molecular weight is 326 g/mol. The number of rotatable bonds is 1. The van der Waals surface area contributed by atoms with Gasteiger partial charge in [0.05, 0.1) is 0 Å². The fraction of sp³-hybridized carbons (Fsp3) is 0.217. The summed E-state index contributed by atoms with van der Waals surface area (Å²) in [6.07, 6.45) is 2.06. The molecule has 0 aliphatic carbocycles. The summed E-state index contributed by atoms with van der Waals surface area (Å²) < 4.78 is 0. The number of hydrogen-bond donors (Lipinski definition) is 0. The van der Waals surface area contributed by atoms with E-state index in [2.05, 4.69) is 84.4 Å². The molecule has 2 heteroatoms. The van der Waals surface area contributed by atoms with E-state index in [0.29, 0.717) is 0 Å². The normalized spacial score (nSPS) is 14.5. The Kier molecular flexibility index (Phi) is 3.14. The first-order valence-electron chi connectivity index (χ1n) is 9.09. The lowest BCUT2D eigenvalue weighted by atomic mass is 9.86. The van der Waals surface area contributed by atoms with E-state index in [1.165, 1.54) is 45.0 Å². The van der Waals surface area contributed by atoms with Crippen LogP contribution in [-0.4, -0.2) is 13.6 Å². The molecule has 0 spiro atoms. The summed E-state index contributed by atoms with van der Waals surface area (Å²) in [5.41, 5.74) is 11.3. The van der Waals surface area contributed by atoms with Gasteiger partial charge in [-0.2, -0.15) is 0 Å². The molecule has 0 amide bonds. The van der Waals surface area contributed by atoms with Crippen molar-refractivity contribution in [3.63, 3.8) is 0 Å². The highest BCUT2D eigenvalue weighted by Gasteiger charge is 2.28. The molecule has 5 rings (SSSR count). The maximum atomic E-state index is 2.47. The molecule has 124 valence electrons. The lowest BCUT2D eigenvalue weighted by Crippen LogP contribution is -2.26. The van der Waals surface area contributed by atoms with Crippen LogP contribution in [0.25, 0.3) is 0 Å². The molecule has 2 nitrogen and oxygen atoms in total. The standard InChI is InChI=1S/C23H22N2/c1-3-25-21-11-7-5-9-17(21)15-19-18-14-16-8-4-6-10-20(16)24(2)22(18)12-13-23(19)25/h4-13H,3,14-15H2,1-2H3. The van der Waals surface area contributed by atoms with Gasteiger partial charge in [0.1, 0.15) is 0 Å². The van der Waals surface area contributed by atoms with Crippen molar-refractivity contribution in [3.8, 4) is 0 Å². The lowest BCUT2D eigenvalue weighted by Gasteiger charge is -2.38. The first-order valence-corrected chi connectivity index (χ1v) is 9.09. The maximum absolute atomic E-state index is 2.47. The largest absolute Gasteiger partial charge is 0.344 e. The molecule has 0 aromatic heterocycles. The first-order chi connectivity index (χ1) is 12.3. The summed E-state index contributed by atoms with van der Waals surface area (Å²) >= 11 is 0. The van der Waals surface area contributed by atoms with Gasteiger partial charge in [-0.25, -0.2) is 0 Å². The Hall–Kier alpha value is -2.74. The van der Waals surface area contributed by atoms with E-state index in [4.69, 9.17) is 0 Å². The van der Waals surface area contributed by atoms with E-state index in [0.717, 1.165) is 19.4 Å². The van der Waals surface area contributed by atoms with Crippen molar-refractivity contribution >= 4 is 22.7 Å². The van der Waals surface area contributed by atoms with Gasteiger partial charge in [-0.15, -0.1) is 0 Å². The molecule has 0 N–H and O–H groups in total. The van der Waals surface area contributed by atoms with Gasteiger partial charge in [-0.05, 0) is 53.4 Å². The zero-order valence-electron chi connectivity index (χ0n) is 14.8. The average Bonchev–Trinajstić information content (AvgIpc) is 2.66. The molecule has 0 saturated carbocycles. The number of fused-ring (bicyclic) bond motifs is 5. The van der Waals surface area contributed by atoms with Gasteiger partial charge in [0.15, 0.2) is 0 Å². The number of nitrogens with zero attached hydrogens (tertiary/aromatic N) is 2. The molecule has 3 aromatic carbocycles. The number of anilines is 4. The minimum absolute atomic E-state index is 0.995. The third kappa shape index (κ3) is 2.03. The van der Waals surface area contributed by atoms with Crippen LogP contribution in [0, 0.1) is 0 Å². The van der Waals surface area contributed by atoms with Crippen molar-refractivity contribution in [3.05, 3.63) is 82.9 Å². The molecule has 2 heterocycles. The van der Waals surface area contributed by atoms with Crippen molar-refractivity contribution in [1.82, 2.24) is 0 Å². The molecule has 2 aliphatic rings. The lowest BCUT2D eigenvalue weighted by molar-refractivity contribution is 0.934. The van der Waals surface area contributed by atoms with E-state index >= 15 is 0 Å². The second kappa shape index (κ2) is 5.38. The van der Waals surface area contributed by atoms with E-state index < -0.39 is 0 Å². The van der Waals surface area contributed by atoms with E-state index in [1.54, 1.807) is 0 Å². The van der Waals surface area contributed by atoms with Crippen LogP contribution in [0.1, 0.15) is 29.2 Å². The molecule has 0 unspecified atom stereocenters. The van der Waals surface area contributed by atoms with Crippen LogP contribution in [0.15, 0.2) is 60.7 Å². The topological polar surface area (TPSA) is 6.48 Å². The van der Waals surface area contributed by atoms with Crippen LogP contribution in [-0.2, 0) is 12.8 Å². The van der Waals surface area contributed by atoms with Crippen molar-refractivity contribution in [2.45, 2.75) is 19.8 Å². The number of para-hydroxylation sites is 2. The highest BCUT2D eigenvalue weighted by atomic mass is 15.2.